The molecular formula is C12H23B. The third-order valence-electron chi connectivity index (χ3n) is 3.13. The van der Waals surface area contributed by atoms with Gasteiger partial charge in [0.1, 0.15) is 7.85 Å². The van der Waals surface area contributed by atoms with E-state index >= 15 is 0 Å². The third-order valence-corrected chi connectivity index (χ3v) is 3.13. The van der Waals surface area contributed by atoms with Gasteiger partial charge in [0.25, 0.3) is 0 Å². The molecule has 0 rings (SSSR count). The predicted molar refractivity (Wildman–Crippen MR) is 64.9 cm³/mol. The van der Waals surface area contributed by atoms with E-state index in [9.17, 15) is 0 Å². The molecule has 0 radical (unpaired) electrons. The van der Waals surface area contributed by atoms with Crippen LogP contribution >= 0.6 is 0 Å². The molecular weight excluding hydrogens is 155 g/mol. The van der Waals surface area contributed by atoms with Crippen molar-refractivity contribution in [3.05, 3.63) is 23.8 Å². The second-order valence-corrected chi connectivity index (χ2v) is 4.42. The fourth-order valence-electron chi connectivity index (χ4n) is 1.76. The molecule has 3 atom stereocenters. The molecule has 3 unspecified atom stereocenters. The Bertz CT molecular complexity index is 201. The maximum Gasteiger partial charge on any atom is 0.105 e. The minimum absolute atomic E-state index is 0.627. The lowest BCUT2D eigenvalue weighted by Crippen LogP contribution is -2.15. The van der Waals surface area contributed by atoms with Gasteiger partial charge in [-0.05, 0) is 31.3 Å². The van der Waals surface area contributed by atoms with Crippen molar-refractivity contribution in [3.63, 3.8) is 0 Å². The molecule has 0 aliphatic carbocycles. The van der Waals surface area contributed by atoms with Gasteiger partial charge in [0.05, 0.1) is 0 Å². The predicted octanol–water partition coefficient (Wildman–Crippen LogP) is 3.22. The van der Waals surface area contributed by atoms with E-state index in [0.29, 0.717) is 5.92 Å². The molecule has 0 aliphatic rings. The van der Waals surface area contributed by atoms with Gasteiger partial charge in [0.2, 0.25) is 0 Å². The molecule has 0 saturated heterocycles. The minimum atomic E-state index is 0.627. The van der Waals surface area contributed by atoms with E-state index in [1.54, 1.807) is 0 Å². The van der Waals surface area contributed by atoms with E-state index in [-0.39, 0.29) is 0 Å². The average Bonchev–Trinajstić information content (AvgIpc) is 2.03. The maximum absolute atomic E-state index is 4.02. The van der Waals surface area contributed by atoms with Crippen LogP contribution in [0.5, 0.6) is 0 Å². The second kappa shape index (κ2) is 5.31. The smallest absolute Gasteiger partial charge is 0.0958 e. The lowest BCUT2D eigenvalue weighted by Gasteiger charge is -2.26. The molecule has 0 nitrogen and oxygen atoms in total. The van der Waals surface area contributed by atoms with Gasteiger partial charge in [0, 0.05) is 0 Å². The summed E-state index contributed by atoms with van der Waals surface area (Å²) in [4.78, 5) is 0. The van der Waals surface area contributed by atoms with Crippen LogP contribution in [0.1, 0.15) is 34.6 Å². The summed E-state index contributed by atoms with van der Waals surface area (Å²) in [6.45, 7) is 15.1. The van der Waals surface area contributed by atoms with E-state index in [2.05, 4.69) is 55.1 Å². The van der Waals surface area contributed by atoms with Gasteiger partial charge in [-0.3, -0.25) is 0 Å². The van der Waals surface area contributed by atoms with Crippen molar-refractivity contribution >= 4 is 7.85 Å². The van der Waals surface area contributed by atoms with E-state index in [1.807, 2.05) is 0 Å². The molecule has 0 aliphatic heterocycles. The molecule has 0 fully saturated rings. The monoisotopic (exact) mass is 178 g/mol. The molecule has 0 aromatic carbocycles. The highest BCUT2D eigenvalue weighted by molar-refractivity contribution is 6.11. The summed E-state index contributed by atoms with van der Waals surface area (Å²) >= 11 is 0. The van der Waals surface area contributed by atoms with Crippen LogP contribution in [0.4, 0.5) is 0 Å². The molecule has 0 bridgehead atoms. The number of rotatable bonds is 4. The Balaban J connectivity index is 4.57. The van der Waals surface area contributed by atoms with Crippen molar-refractivity contribution in [2.24, 2.45) is 11.8 Å². The number of hydrogen-bond donors (Lipinski definition) is 0. The summed E-state index contributed by atoms with van der Waals surface area (Å²) in [5.41, 5.74) is 2.63. The minimum Gasteiger partial charge on any atom is -0.0958 e. The number of allylic oxidation sites excluding steroid dienone is 3. The molecule has 0 heterocycles. The fraction of sp³-hybridized carbons (Fsp3) is 0.667. The van der Waals surface area contributed by atoms with E-state index < -0.39 is 0 Å². The standard InChI is InChI=1S/C12H23B/c1-7-12(8(2)3)10(5)9(4)11(6)13/h7,9-11H,2,13H2,1,3-6H3/b12-7-. The van der Waals surface area contributed by atoms with Crippen molar-refractivity contribution in [1.82, 2.24) is 0 Å². The molecule has 13 heavy (non-hydrogen) atoms. The molecule has 0 saturated carbocycles. The van der Waals surface area contributed by atoms with Crippen LogP contribution in [0.15, 0.2) is 23.8 Å². The van der Waals surface area contributed by atoms with Crippen LogP contribution in [0, 0.1) is 11.8 Å². The molecule has 0 aromatic heterocycles. The molecule has 0 spiro atoms. The summed E-state index contributed by atoms with van der Waals surface area (Å²) in [6.07, 6.45) is 2.20. The zero-order valence-electron chi connectivity index (χ0n) is 10.0. The van der Waals surface area contributed by atoms with Crippen LogP contribution in [-0.2, 0) is 0 Å². The Morgan fingerprint density at radius 1 is 1.31 bits per heavy atom. The van der Waals surface area contributed by atoms with Crippen molar-refractivity contribution in [2.75, 3.05) is 0 Å². The summed E-state index contributed by atoms with van der Waals surface area (Å²) in [5, 5.41) is 0. The quantitative estimate of drug-likeness (QED) is 0.458. The molecule has 0 aromatic rings. The first-order valence-electron chi connectivity index (χ1n) is 5.23. The number of hydrogen-bond acceptors (Lipinski definition) is 0. The summed E-state index contributed by atoms with van der Waals surface area (Å²) in [5.74, 6) is 2.09. The lowest BCUT2D eigenvalue weighted by molar-refractivity contribution is 0.430. The highest BCUT2D eigenvalue weighted by atomic mass is 14.2. The Labute approximate surface area is 84.5 Å². The van der Waals surface area contributed by atoms with Gasteiger partial charge in [-0.2, -0.15) is 0 Å². The zero-order chi connectivity index (χ0) is 10.6. The van der Waals surface area contributed by atoms with Crippen LogP contribution in [0.2, 0.25) is 5.82 Å². The largest absolute Gasteiger partial charge is 0.105 e. The Morgan fingerprint density at radius 3 is 2.00 bits per heavy atom. The fourth-order valence-corrected chi connectivity index (χ4v) is 1.76. The van der Waals surface area contributed by atoms with E-state index in [0.717, 1.165) is 11.7 Å². The lowest BCUT2D eigenvalue weighted by atomic mass is 9.70. The SMILES string of the molecule is BC(C)C(C)C(C)/C(=C\C)C(=C)C. The summed E-state index contributed by atoms with van der Waals surface area (Å²) in [7, 11) is 2.28. The Kier molecular flexibility index (Phi) is 5.13. The second-order valence-electron chi connectivity index (χ2n) is 4.42. The van der Waals surface area contributed by atoms with Crippen LogP contribution in [-0.4, -0.2) is 7.85 Å². The Hall–Kier alpha value is -0.455. The first-order valence-corrected chi connectivity index (χ1v) is 5.23. The third kappa shape index (κ3) is 3.42. The highest BCUT2D eigenvalue weighted by Gasteiger charge is 2.18. The highest BCUT2D eigenvalue weighted by Crippen LogP contribution is 2.31. The van der Waals surface area contributed by atoms with Gasteiger partial charge in [0.15, 0.2) is 0 Å². The van der Waals surface area contributed by atoms with Gasteiger partial charge >= 0.3 is 0 Å². The maximum atomic E-state index is 4.02. The zero-order valence-corrected chi connectivity index (χ0v) is 10.0. The van der Waals surface area contributed by atoms with Crippen LogP contribution < -0.4 is 0 Å². The van der Waals surface area contributed by atoms with Gasteiger partial charge in [-0.15, -0.1) is 0 Å². The topological polar surface area (TPSA) is 0 Å². The molecule has 74 valence electrons. The molecule has 0 N–H and O–H groups in total. The van der Waals surface area contributed by atoms with Gasteiger partial charge in [-0.1, -0.05) is 44.8 Å². The van der Waals surface area contributed by atoms with Gasteiger partial charge < -0.3 is 0 Å². The average molecular weight is 178 g/mol. The van der Waals surface area contributed by atoms with Crippen molar-refractivity contribution in [2.45, 2.75) is 40.4 Å². The van der Waals surface area contributed by atoms with Gasteiger partial charge in [-0.25, -0.2) is 0 Å². The van der Waals surface area contributed by atoms with E-state index in [4.69, 9.17) is 0 Å². The molecule has 0 amide bonds. The first-order chi connectivity index (χ1) is 5.91. The first kappa shape index (κ1) is 12.5. The van der Waals surface area contributed by atoms with Crippen LogP contribution in [0.3, 0.4) is 0 Å². The van der Waals surface area contributed by atoms with E-state index in [1.165, 1.54) is 11.1 Å². The Morgan fingerprint density at radius 2 is 1.77 bits per heavy atom. The molecule has 1 heteroatoms. The van der Waals surface area contributed by atoms with Crippen LogP contribution in [0.25, 0.3) is 0 Å². The van der Waals surface area contributed by atoms with Crippen molar-refractivity contribution in [3.8, 4) is 0 Å². The van der Waals surface area contributed by atoms with Crippen molar-refractivity contribution < 1.29 is 0 Å². The van der Waals surface area contributed by atoms with Crippen molar-refractivity contribution in [1.29, 1.82) is 0 Å². The summed E-state index contributed by atoms with van der Waals surface area (Å²) < 4.78 is 0. The normalized spacial score (nSPS) is 19.3. The summed E-state index contributed by atoms with van der Waals surface area (Å²) in [6, 6.07) is 0.